The molecule has 0 bridgehead atoms. The Morgan fingerprint density at radius 1 is 0.897 bits per heavy atom. The summed E-state index contributed by atoms with van der Waals surface area (Å²) in [6.07, 6.45) is 4.93. The molecule has 150 valence electrons. The zero-order valence-corrected chi connectivity index (χ0v) is 16.7. The molecule has 0 radical (unpaired) electrons. The summed E-state index contributed by atoms with van der Waals surface area (Å²) in [5.41, 5.74) is 2.82. The number of pyridine rings is 1. The van der Waals surface area contributed by atoms with Gasteiger partial charge in [-0.05, 0) is 42.8 Å². The topological polar surface area (TPSA) is 109 Å². The fraction of sp³-hybridized carbons (Fsp3) is 0.150. The number of hydrogen-bond acceptors (Lipinski definition) is 7. The third kappa shape index (κ3) is 6.98. The van der Waals surface area contributed by atoms with E-state index in [1.807, 2.05) is 43.3 Å². The van der Waals surface area contributed by atoms with E-state index in [2.05, 4.69) is 30.5 Å². The molecule has 2 heterocycles. The number of anilines is 3. The van der Waals surface area contributed by atoms with Gasteiger partial charge in [0, 0.05) is 36.6 Å². The Kier molecular flexibility index (Phi) is 6.88. The number of rotatable bonds is 9. The van der Waals surface area contributed by atoms with Crippen molar-refractivity contribution in [3.05, 3.63) is 77.5 Å². The van der Waals surface area contributed by atoms with E-state index in [0.29, 0.717) is 18.2 Å². The predicted octanol–water partition coefficient (Wildman–Crippen LogP) is 2.93. The molecule has 0 saturated carbocycles. The Labute approximate surface area is 170 Å². The Morgan fingerprint density at radius 3 is 2.28 bits per heavy atom. The number of nitrogens with zero attached hydrogens (tertiary/aromatic N) is 3. The van der Waals surface area contributed by atoms with Gasteiger partial charge in [0.1, 0.15) is 5.82 Å². The lowest BCUT2D eigenvalue weighted by Crippen LogP contribution is -2.27. The zero-order chi connectivity index (χ0) is 20.5. The first kappa shape index (κ1) is 20.4. The van der Waals surface area contributed by atoms with Crippen molar-refractivity contribution in [1.29, 1.82) is 0 Å². The van der Waals surface area contributed by atoms with E-state index in [1.165, 1.54) is 0 Å². The second kappa shape index (κ2) is 9.76. The van der Waals surface area contributed by atoms with Gasteiger partial charge < -0.3 is 10.6 Å². The maximum absolute atomic E-state index is 12.0. The lowest BCUT2D eigenvalue weighted by molar-refractivity contribution is 0.592. The van der Waals surface area contributed by atoms with Crippen molar-refractivity contribution >= 4 is 33.4 Å². The standard InChI is InChI=1S/C20H22N6O2S/c1-16-2-4-17(5-3-16)10-15-29(27,28)23-14-13-22-19-6-7-20(26-25-19)24-18-8-11-21-12-9-18/h2-12,15,23H,13-14H2,1H3,(H,22,25)(H,21,24,26)/b15-10+. The van der Waals surface area contributed by atoms with Crippen LogP contribution in [0.2, 0.25) is 0 Å². The third-order valence-electron chi connectivity index (χ3n) is 3.87. The van der Waals surface area contributed by atoms with E-state index in [4.69, 9.17) is 0 Å². The van der Waals surface area contributed by atoms with Crippen molar-refractivity contribution in [1.82, 2.24) is 19.9 Å². The van der Waals surface area contributed by atoms with Gasteiger partial charge in [0.05, 0.1) is 0 Å². The van der Waals surface area contributed by atoms with Crippen molar-refractivity contribution in [2.45, 2.75) is 6.92 Å². The Hall–Kier alpha value is -3.30. The van der Waals surface area contributed by atoms with Crippen LogP contribution in [0, 0.1) is 6.92 Å². The van der Waals surface area contributed by atoms with Crippen LogP contribution in [0.5, 0.6) is 0 Å². The second-order valence-electron chi connectivity index (χ2n) is 6.24. The van der Waals surface area contributed by atoms with E-state index in [0.717, 1.165) is 22.2 Å². The minimum absolute atomic E-state index is 0.221. The molecule has 0 amide bonds. The second-order valence-corrected chi connectivity index (χ2v) is 7.90. The molecule has 29 heavy (non-hydrogen) atoms. The van der Waals surface area contributed by atoms with E-state index in [9.17, 15) is 8.42 Å². The molecular formula is C20H22N6O2S. The summed E-state index contributed by atoms with van der Waals surface area (Å²) in [4.78, 5) is 3.95. The molecule has 9 heteroatoms. The molecule has 0 saturated heterocycles. The number of aromatic nitrogens is 3. The molecule has 0 unspecified atom stereocenters. The first-order chi connectivity index (χ1) is 14.0. The molecule has 8 nitrogen and oxygen atoms in total. The summed E-state index contributed by atoms with van der Waals surface area (Å²) >= 11 is 0. The van der Waals surface area contributed by atoms with Crippen LogP contribution in [-0.2, 0) is 10.0 Å². The van der Waals surface area contributed by atoms with Crippen LogP contribution in [0.1, 0.15) is 11.1 Å². The van der Waals surface area contributed by atoms with Gasteiger partial charge in [0.2, 0.25) is 10.0 Å². The van der Waals surface area contributed by atoms with Crippen LogP contribution in [0.15, 0.2) is 66.3 Å². The van der Waals surface area contributed by atoms with Gasteiger partial charge in [-0.15, -0.1) is 10.2 Å². The van der Waals surface area contributed by atoms with Crippen molar-refractivity contribution in [2.75, 3.05) is 23.7 Å². The van der Waals surface area contributed by atoms with E-state index in [1.54, 1.807) is 30.6 Å². The average Bonchev–Trinajstić information content (AvgIpc) is 2.73. The van der Waals surface area contributed by atoms with Crippen LogP contribution in [-0.4, -0.2) is 36.7 Å². The predicted molar refractivity (Wildman–Crippen MR) is 115 cm³/mol. The number of nitrogens with one attached hydrogen (secondary N) is 3. The Morgan fingerprint density at radius 2 is 1.59 bits per heavy atom. The molecule has 0 aliphatic rings. The highest BCUT2D eigenvalue weighted by Gasteiger charge is 2.04. The van der Waals surface area contributed by atoms with Crippen molar-refractivity contribution in [3.8, 4) is 0 Å². The highest BCUT2D eigenvalue weighted by molar-refractivity contribution is 7.92. The minimum atomic E-state index is -3.51. The number of sulfonamides is 1. The average molecular weight is 411 g/mol. The van der Waals surface area contributed by atoms with Gasteiger partial charge in [-0.3, -0.25) is 4.98 Å². The SMILES string of the molecule is Cc1ccc(/C=C/S(=O)(=O)NCCNc2ccc(Nc3ccncc3)nn2)cc1. The summed E-state index contributed by atoms with van der Waals surface area (Å²) < 4.78 is 26.6. The summed E-state index contributed by atoms with van der Waals surface area (Å²) in [6, 6.07) is 14.8. The first-order valence-electron chi connectivity index (χ1n) is 8.99. The first-order valence-corrected chi connectivity index (χ1v) is 10.5. The number of benzene rings is 1. The van der Waals surface area contributed by atoms with Gasteiger partial charge in [0.15, 0.2) is 5.82 Å². The molecule has 3 N–H and O–H groups in total. The molecule has 0 aliphatic heterocycles. The fourth-order valence-corrected chi connectivity index (χ4v) is 3.17. The van der Waals surface area contributed by atoms with Gasteiger partial charge in [-0.25, -0.2) is 13.1 Å². The van der Waals surface area contributed by atoms with Gasteiger partial charge in [-0.1, -0.05) is 29.8 Å². The number of aryl methyl sites for hydroxylation is 1. The zero-order valence-electron chi connectivity index (χ0n) is 15.9. The highest BCUT2D eigenvalue weighted by Crippen LogP contribution is 2.13. The summed E-state index contributed by atoms with van der Waals surface area (Å²) in [5.74, 6) is 1.16. The van der Waals surface area contributed by atoms with Gasteiger partial charge in [0.25, 0.3) is 0 Å². The normalized spacial score (nSPS) is 11.5. The molecule has 3 aromatic rings. The van der Waals surface area contributed by atoms with Crippen LogP contribution >= 0.6 is 0 Å². The quantitative estimate of drug-likeness (QED) is 0.465. The van der Waals surface area contributed by atoms with Crippen molar-refractivity contribution < 1.29 is 8.42 Å². The van der Waals surface area contributed by atoms with Gasteiger partial charge in [-0.2, -0.15) is 0 Å². The lowest BCUT2D eigenvalue weighted by Gasteiger charge is -2.07. The molecule has 3 rings (SSSR count). The molecular weight excluding hydrogens is 388 g/mol. The minimum Gasteiger partial charge on any atom is -0.367 e. The van der Waals surface area contributed by atoms with E-state index in [-0.39, 0.29) is 6.54 Å². The summed E-state index contributed by atoms with van der Waals surface area (Å²) in [7, 11) is -3.51. The smallest absolute Gasteiger partial charge is 0.233 e. The fourth-order valence-electron chi connectivity index (χ4n) is 2.35. The molecule has 2 aromatic heterocycles. The van der Waals surface area contributed by atoms with Crippen LogP contribution < -0.4 is 15.4 Å². The maximum Gasteiger partial charge on any atom is 0.233 e. The van der Waals surface area contributed by atoms with Crippen LogP contribution in [0.3, 0.4) is 0 Å². The summed E-state index contributed by atoms with van der Waals surface area (Å²) in [6.45, 7) is 2.58. The van der Waals surface area contributed by atoms with E-state index < -0.39 is 10.0 Å². The van der Waals surface area contributed by atoms with Crippen LogP contribution in [0.4, 0.5) is 17.3 Å². The van der Waals surface area contributed by atoms with Crippen LogP contribution in [0.25, 0.3) is 6.08 Å². The number of hydrogen-bond donors (Lipinski definition) is 3. The Bertz CT molecular complexity index is 1040. The Balaban J connectivity index is 1.43. The molecule has 0 aliphatic carbocycles. The largest absolute Gasteiger partial charge is 0.367 e. The molecule has 0 atom stereocenters. The van der Waals surface area contributed by atoms with Crippen molar-refractivity contribution in [3.63, 3.8) is 0 Å². The lowest BCUT2D eigenvalue weighted by atomic mass is 10.2. The molecule has 0 spiro atoms. The monoisotopic (exact) mass is 410 g/mol. The molecule has 0 fully saturated rings. The summed E-state index contributed by atoms with van der Waals surface area (Å²) in [5, 5.41) is 15.4. The van der Waals surface area contributed by atoms with Gasteiger partial charge >= 0.3 is 0 Å². The van der Waals surface area contributed by atoms with Crippen molar-refractivity contribution in [2.24, 2.45) is 0 Å². The molecule has 1 aromatic carbocycles. The maximum atomic E-state index is 12.0. The van der Waals surface area contributed by atoms with E-state index >= 15 is 0 Å². The highest BCUT2D eigenvalue weighted by atomic mass is 32.2. The third-order valence-corrected chi connectivity index (χ3v) is 4.97.